The number of aliphatic hydroxyl groups excluding tert-OH is 1. The van der Waals surface area contributed by atoms with Crippen LogP contribution < -0.4 is 4.74 Å². The van der Waals surface area contributed by atoms with Gasteiger partial charge in [0.2, 0.25) is 0 Å². The lowest BCUT2D eigenvalue weighted by Crippen LogP contribution is -2.46. The van der Waals surface area contributed by atoms with Crippen LogP contribution in [0.1, 0.15) is 51.7 Å². The molecule has 0 saturated heterocycles. The van der Waals surface area contributed by atoms with Crippen LogP contribution in [0.4, 0.5) is 13.6 Å². The summed E-state index contributed by atoms with van der Waals surface area (Å²) in [7, 11) is 0. The van der Waals surface area contributed by atoms with E-state index in [0.29, 0.717) is 18.4 Å². The van der Waals surface area contributed by atoms with E-state index < -0.39 is 29.9 Å². The van der Waals surface area contributed by atoms with Crippen LogP contribution in [0.25, 0.3) is 0 Å². The van der Waals surface area contributed by atoms with Crippen LogP contribution in [0.5, 0.6) is 5.75 Å². The summed E-state index contributed by atoms with van der Waals surface area (Å²) in [6.45, 7) is 2.10. The molecule has 1 unspecified atom stereocenters. The van der Waals surface area contributed by atoms with Crippen molar-refractivity contribution in [1.82, 2.24) is 4.90 Å². The van der Waals surface area contributed by atoms with E-state index >= 15 is 0 Å². The monoisotopic (exact) mass is 382 g/mol. The minimum Gasteiger partial charge on any atom is -0.444 e. The Balaban J connectivity index is 2.20. The first-order chi connectivity index (χ1) is 12.6. The predicted octanol–water partition coefficient (Wildman–Crippen LogP) is 4.00. The van der Waals surface area contributed by atoms with E-state index in [1.165, 1.54) is 23.1 Å². The molecule has 0 aromatic heterocycles. The minimum absolute atomic E-state index is 0.0801. The van der Waals surface area contributed by atoms with Crippen LogP contribution in [-0.2, 0) is 4.74 Å². The Morgan fingerprint density at radius 2 is 2.07 bits per heavy atom. The van der Waals surface area contributed by atoms with Gasteiger partial charge in [0.15, 0.2) is 0 Å². The number of alkyl halides is 2. The number of nitrogens with zero attached hydrogens (tertiary/aromatic N) is 2. The summed E-state index contributed by atoms with van der Waals surface area (Å²) in [6.07, 6.45) is -0.348. The van der Waals surface area contributed by atoms with Gasteiger partial charge in [-0.3, -0.25) is 4.90 Å². The number of halogens is 2. The van der Waals surface area contributed by atoms with Crippen LogP contribution in [0, 0.1) is 11.3 Å². The Kier molecular flexibility index (Phi) is 6.26. The Morgan fingerprint density at radius 1 is 1.41 bits per heavy atom. The van der Waals surface area contributed by atoms with Crippen LogP contribution in [0.2, 0.25) is 0 Å². The maximum Gasteiger partial charge on any atom is 0.410 e. The van der Waals surface area contributed by atoms with Gasteiger partial charge in [0.25, 0.3) is 0 Å². The van der Waals surface area contributed by atoms with Gasteiger partial charge in [-0.25, -0.2) is 4.79 Å². The van der Waals surface area contributed by atoms with Crippen molar-refractivity contribution in [3.05, 3.63) is 29.8 Å². The van der Waals surface area contributed by atoms with Gasteiger partial charge in [0.1, 0.15) is 11.4 Å². The number of aliphatic hydroxyl groups is 1. The molecule has 1 aliphatic carbocycles. The summed E-state index contributed by atoms with van der Waals surface area (Å²) in [6, 6.07) is 7.77. The van der Waals surface area contributed by atoms with Crippen LogP contribution in [0.15, 0.2) is 24.3 Å². The van der Waals surface area contributed by atoms with Crippen molar-refractivity contribution in [2.45, 2.75) is 63.9 Å². The number of carbonyl (C=O) groups excluding carboxylic acids is 1. The second kappa shape index (κ2) is 8.09. The van der Waals surface area contributed by atoms with Gasteiger partial charge >= 0.3 is 12.7 Å². The number of carbonyl (C=O) groups is 1. The summed E-state index contributed by atoms with van der Waals surface area (Å²) in [5, 5.41) is 19.7. The predicted molar refractivity (Wildman–Crippen MR) is 93.2 cm³/mol. The van der Waals surface area contributed by atoms with Gasteiger partial charge in [-0.1, -0.05) is 12.1 Å². The molecule has 1 saturated carbocycles. The van der Waals surface area contributed by atoms with Gasteiger partial charge in [0.05, 0.1) is 30.7 Å². The summed E-state index contributed by atoms with van der Waals surface area (Å²) < 4.78 is 34.6. The molecule has 1 fully saturated rings. The molecule has 1 aromatic carbocycles. The highest BCUT2D eigenvalue weighted by atomic mass is 19.3. The molecular formula is C19H24F2N2O4. The van der Waals surface area contributed by atoms with E-state index in [1.807, 2.05) is 0 Å². The quantitative estimate of drug-likeness (QED) is 0.771. The standard InChI is InChI=1S/C19H24F2N2O4/c1-18(2,3)27-17(25)23(19(7-8-19)9-10-22)12-15(24)13-5-4-6-14(11-13)26-16(20)21/h4-6,11,15-16,24H,7-9,12H2,1-3H3. The SMILES string of the molecule is CC(C)(C)OC(=O)N(CC(O)c1cccc(OC(F)F)c1)C1(CC#N)CC1. The molecule has 1 N–H and O–H groups in total. The van der Waals surface area contributed by atoms with E-state index in [9.17, 15) is 18.7 Å². The molecule has 0 radical (unpaired) electrons. The van der Waals surface area contributed by atoms with E-state index in [2.05, 4.69) is 10.8 Å². The zero-order valence-corrected chi connectivity index (χ0v) is 15.6. The number of rotatable bonds is 7. The third kappa shape index (κ3) is 5.79. The van der Waals surface area contributed by atoms with E-state index in [-0.39, 0.29) is 18.7 Å². The largest absolute Gasteiger partial charge is 0.444 e. The highest BCUT2D eigenvalue weighted by molar-refractivity contribution is 5.70. The molecule has 148 valence electrons. The number of hydrogen-bond donors (Lipinski definition) is 1. The number of ether oxygens (including phenoxy) is 2. The summed E-state index contributed by atoms with van der Waals surface area (Å²) in [4.78, 5) is 14.0. The smallest absolute Gasteiger partial charge is 0.410 e. The van der Waals surface area contributed by atoms with Crippen molar-refractivity contribution in [1.29, 1.82) is 5.26 Å². The van der Waals surface area contributed by atoms with Crippen molar-refractivity contribution in [2.24, 2.45) is 0 Å². The molecule has 0 bridgehead atoms. The second-order valence-electron chi connectivity index (χ2n) is 7.62. The topological polar surface area (TPSA) is 82.8 Å². The van der Waals surface area contributed by atoms with Gasteiger partial charge < -0.3 is 14.6 Å². The average Bonchev–Trinajstić information content (AvgIpc) is 3.31. The van der Waals surface area contributed by atoms with Crippen LogP contribution in [-0.4, -0.2) is 40.4 Å². The second-order valence-corrected chi connectivity index (χ2v) is 7.62. The molecule has 1 aromatic rings. The first-order valence-corrected chi connectivity index (χ1v) is 8.67. The lowest BCUT2D eigenvalue weighted by atomic mass is 10.1. The van der Waals surface area contributed by atoms with Crippen molar-refractivity contribution in [3.8, 4) is 11.8 Å². The molecule has 27 heavy (non-hydrogen) atoms. The molecule has 2 rings (SSSR count). The minimum atomic E-state index is -2.97. The van der Waals surface area contributed by atoms with Crippen LogP contribution >= 0.6 is 0 Å². The third-order valence-corrected chi connectivity index (χ3v) is 4.25. The Labute approximate surface area is 157 Å². The van der Waals surface area contributed by atoms with E-state index in [1.54, 1.807) is 26.8 Å². The summed E-state index contributed by atoms with van der Waals surface area (Å²) in [5.74, 6) is -0.0801. The molecule has 6 nitrogen and oxygen atoms in total. The molecule has 1 amide bonds. The fourth-order valence-corrected chi connectivity index (χ4v) is 2.79. The molecule has 1 aliphatic rings. The van der Waals surface area contributed by atoms with Crippen molar-refractivity contribution >= 4 is 6.09 Å². The summed E-state index contributed by atoms with van der Waals surface area (Å²) >= 11 is 0. The fraction of sp³-hybridized carbons (Fsp3) is 0.579. The molecule has 1 atom stereocenters. The number of hydrogen-bond acceptors (Lipinski definition) is 5. The van der Waals surface area contributed by atoms with Gasteiger partial charge in [-0.05, 0) is 51.3 Å². The fourth-order valence-electron chi connectivity index (χ4n) is 2.79. The first kappa shape index (κ1) is 20.9. The molecule has 0 aliphatic heterocycles. The number of amides is 1. The van der Waals surface area contributed by atoms with E-state index in [0.717, 1.165) is 0 Å². The third-order valence-electron chi connectivity index (χ3n) is 4.25. The van der Waals surface area contributed by atoms with E-state index in [4.69, 9.17) is 10.00 Å². The molecule has 8 heteroatoms. The first-order valence-electron chi connectivity index (χ1n) is 8.67. The lowest BCUT2D eigenvalue weighted by molar-refractivity contribution is -0.0500. The molecular weight excluding hydrogens is 358 g/mol. The average molecular weight is 382 g/mol. The maximum atomic E-state index is 12.7. The van der Waals surface area contributed by atoms with Gasteiger partial charge in [-0.2, -0.15) is 14.0 Å². The number of benzene rings is 1. The van der Waals surface area contributed by atoms with Crippen molar-refractivity contribution in [2.75, 3.05) is 6.54 Å². The zero-order valence-electron chi connectivity index (χ0n) is 15.6. The lowest BCUT2D eigenvalue weighted by Gasteiger charge is -2.34. The Morgan fingerprint density at radius 3 is 2.59 bits per heavy atom. The maximum absolute atomic E-state index is 12.7. The molecule has 0 heterocycles. The Bertz CT molecular complexity index is 708. The van der Waals surface area contributed by atoms with Crippen molar-refractivity contribution in [3.63, 3.8) is 0 Å². The van der Waals surface area contributed by atoms with Crippen molar-refractivity contribution < 1.29 is 28.2 Å². The highest BCUT2D eigenvalue weighted by Gasteiger charge is 2.51. The van der Waals surface area contributed by atoms with Gasteiger partial charge in [-0.15, -0.1) is 0 Å². The molecule has 0 spiro atoms. The van der Waals surface area contributed by atoms with Gasteiger partial charge in [0, 0.05) is 0 Å². The Hall–Kier alpha value is -2.40. The number of nitriles is 1. The highest BCUT2D eigenvalue weighted by Crippen LogP contribution is 2.46. The normalized spacial score (nSPS) is 16.4. The summed E-state index contributed by atoms with van der Waals surface area (Å²) in [5.41, 5.74) is -1.06. The van der Waals surface area contributed by atoms with Crippen LogP contribution in [0.3, 0.4) is 0 Å². The zero-order chi connectivity index (χ0) is 20.2. The number of β-amino-alcohol motifs (C(OH)–C–C–N with tert-alkyl or cyclic N) is 1.